The molecule has 1 N–H and O–H groups in total. The number of unbranched alkanes of at least 4 members (excludes halogenated alkanes) is 2. The van der Waals surface area contributed by atoms with Gasteiger partial charge in [-0.25, -0.2) is 0 Å². The zero-order valence-electron chi connectivity index (χ0n) is 16.5. The Morgan fingerprint density at radius 2 is 1.81 bits per heavy atom. The molecule has 27 heavy (non-hydrogen) atoms. The molecule has 0 saturated carbocycles. The number of nitrogens with one attached hydrogen (secondary N) is 1. The van der Waals surface area contributed by atoms with E-state index < -0.39 is 0 Å². The van der Waals surface area contributed by atoms with E-state index in [0.717, 1.165) is 49.1 Å². The van der Waals surface area contributed by atoms with Gasteiger partial charge in [-0.05, 0) is 62.4 Å². The van der Waals surface area contributed by atoms with Crippen molar-refractivity contribution in [3.63, 3.8) is 0 Å². The van der Waals surface area contributed by atoms with Crippen molar-refractivity contribution in [3.8, 4) is 5.75 Å². The summed E-state index contributed by atoms with van der Waals surface area (Å²) in [6, 6.07) is 17.7. The minimum atomic E-state index is 0.0737. The van der Waals surface area contributed by atoms with Gasteiger partial charge >= 0.3 is 0 Å². The molecule has 0 aliphatic carbocycles. The third kappa shape index (κ3) is 7.69. The molecule has 0 heterocycles. The standard InChI is InChI=1S/C24H31NO2/c1-3-5-6-7-11-14-21(4-2)24(26)25-22-15-17-23(18-16-22)27-19-20-12-9-8-10-13-20/h3,5,8-10,12-13,15-18,21H,4,6-7,11,14,19H2,1-2H3,(H,25,26). The number of ether oxygens (including phenoxy) is 1. The highest BCUT2D eigenvalue weighted by Gasteiger charge is 2.16. The van der Waals surface area contributed by atoms with Crippen LogP contribution in [0.3, 0.4) is 0 Å². The molecule has 0 aliphatic rings. The highest BCUT2D eigenvalue weighted by Crippen LogP contribution is 2.20. The van der Waals surface area contributed by atoms with Gasteiger partial charge in [0.1, 0.15) is 12.4 Å². The lowest BCUT2D eigenvalue weighted by Crippen LogP contribution is -2.22. The molecule has 1 amide bonds. The number of benzene rings is 2. The molecule has 0 bridgehead atoms. The Kier molecular flexibility index (Phi) is 9.19. The molecule has 0 aromatic heterocycles. The molecule has 1 atom stereocenters. The SMILES string of the molecule is CC=CCCCCC(CC)C(=O)Nc1ccc(OCc2ccccc2)cc1. The van der Waals surface area contributed by atoms with E-state index in [1.54, 1.807) is 0 Å². The van der Waals surface area contributed by atoms with Crippen LogP contribution in [0.4, 0.5) is 5.69 Å². The Labute approximate surface area is 163 Å². The molecular weight excluding hydrogens is 334 g/mol. The van der Waals surface area contributed by atoms with Crippen LogP contribution in [-0.2, 0) is 11.4 Å². The van der Waals surface area contributed by atoms with Crippen molar-refractivity contribution in [1.82, 2.24) is 0 Å². The van der Waals surface area contributed by atoms with Crippen molar-refractivity contribution in [3.05, 3.63) is 72.3 Å². The van der Waals surface area contributed by atoms with Crippen molar-refractivity contribution in [1.29, 1.82) is 0 Å². The second-order valence-electron chi connectivity index (χ2n) is 6.75. The molecule has 0 radical (unpaired) electrons. The summed E-state index contributed by atoms with van der Waals surface area (Å²) in [5, 5.41) is 3.04. The summed E-state index contributed by atoms with van der Waals surface area (Å²) in [5.74, 6) is 0.985. The fourth-order valence-electron chi connectivity index (χ4n) is 2.96. The van der Waals surface area contributed by atoms with Gasteiger partial charge in [0, 0.05) is 11.6 Å². The van der Waals surface area contributed by atoms with Crippen molar-refractivity contribution in [2.75, 3.05) is 5.32 Å². The van der Waals surface area contributed by atoms with E-state index in [1.807, 2.05) is 61.5 Å². The van der Waals surface area contributed by atoms with E-state index in [-0.39, 0.29) is 11.8 Å². The number of allylic oxidation sites excluding steroid dienone is 2. The zero-order valence-corrected chi connectivity index (χ0v) is 16.5. The van der Waals surface area contributed by atoms with Gasteiger partial charge in [-0.3, -0.25) is 4.79 Å². The van der Waals surface area contributed by atoms with Crippen LogP contribution in [0.15, 0.2) is 66.7 Å². The first kappa shape index (κ1) is 20.8. The number of hydrogen-bond donors (Lipinski definition) is 1. The van der Waals surface area contributed by atoms with E-state index >= 15 is 0 Å². The number of amides is 1. The largest absolute Gasteiger partial charge is 0.489 e. The second kappa shape index (κ2) is 11.9. The van der Waals surface area contributed by atoms with Crippen molar-refractivity contribution in [2.45, 2.75) is 52.6 Å². The molecule has 0 spiro atoms. The van der Waals surface area contributed by atoms with E-state index in [2.05, 4.69) is 24.4 Å². The first-order valence-electron chi connectivity index (χ1n) is 9.91. The van der Waals surface area contributed by atoms with Gasteiger partial charge < -0.3 is 10.1 Å². The highest BCUT2D eigenvalue weighted by atomic mass is 16.5. The van der Waals surface area contributed by atoms with Crippen LogP contribution >= 0.6 is 0 Å². The molecule has 2 rings (SSSR count). The average Bonchev–Trinajstić information content (AvgIpc) is 2.71. The van der Waals surface area contributed by atoms with E-state index in [9.17, 15) is 4.79 Å². The molecule has 2 aromatic carbocycles. The summed E-state index contributed by atoms with van der Waals surface area (Å²) >= 11 is 0. The maximum absolute atomic E-state index is 12.5. The minimum absolute atomic E-state index is 0.0737. The second-order valence-corrected chi connectivity index (χ2v) is 6.75. The third-order valence-electron chi connectivity index (χ3n) is 4.64. The maximum atomic E-state index is 12.5. The van der Waals surface area contributed by atoms with Gasteiger partial charge in [0.15, 0.2) is 0 Å². The summed E-state index contributed by atoms with van der Waals surface area (Å²) in [7, 11) is 0. The Bertz CT molecular complexity index is 692. The number of hydrogen-bond acceptors (Lipinski definition) is 2. The molecule has 0 aliphatic heterocycles. The molecule has 0 fully saturated rings. The maximum Gasteiger partial charge on any atom is 0.227 e. The van der Waals surface area contributed by atoms with E-state index in [4.69, 9.17) is 4.74 Å². The Morgan fingerprint density at radius 1 is 1.07 bits per heavy atom. The quantitative estimate of drug-likeness (QED) is 0.371. The first-order chi connectivity index (χ1) is 13.2. The zero-order chi connectivity index (χ0) is 19.3. The number of carbonyl (C=O) groups excluding carboxylic acids is 1. The molecule has 2 aromatic rings. The summed E-state index contributed by atoms with van der Waals surface area (Å²) in [5.41, 5.74) is 1.95. The van der Waals surface area contributed by atoms with Crippen LogP contribution in [-0.4, -0.2) is 5.91 Å². The van der Waals surface area contributed by atoms with Crippen molar-refractivity contribution in [2.24, 2.45) is 5.92 Å². The molecule has 144 valence electrons. The van der Waals surface area contributed by atoms with Crippen molar-refractivity contribution < 1.29 is 9.53 Å². The predicted molar refractivity (Wildman–Crippen MR) is 113 cm³/mol. The summed E-state index contributed by atoms with van der Waals surface area (Å²) in [6.07, 6.45) is 9.40. The van der Waals surface area contributed by atoms with Crippen LogP contribution < -0.4 is 10.1 Å². The summed E-state index contributed by atoms with van der Waals surface area (Å²) in [6.45, 7) is 4.66. The fraction of sp³-hybridized carbons (Fsp3) is 0.375. The first-order valence-corrected chi connectivity index (χ1v) is 9.91. The number of carbonyl (C=O) groups is 1. The van der Waals surface area contributed by atoms with Crippen LogP contribution in [0.2, 0.25) is 0 Å². The van der Waals surface area contributed by atoms with Crippen LogP contribution in [0.25, 0.3) is 0 Å². The van der Waals surface area contributed by atoms with Crippen LogP contribution in [0, 0.1) is 5.92 Å². The molecule has 1 unspecified atom stereocenters. The molecule has 0 saturated heterocycles. The van der Waals surface area contributed by atoms with Crippen molar-refractivity contribution >= 4 is 11.6 Å². The smallest absolute Gasteiger partial charge is 0.227 e. The van der Waals surface area contributed by atoms with Gasteiger partial charge in [0.25, 0.3) is 0 Å². The molecule has 3 nitrogen and oxygen atoms in total. The molecule has 3 heteroatoms. The normalized spacial score (nSPS) is 12.1. The van der Waals surface area contributed by atoms with Gasteiger partial charge in [0.2, 0.25) is 5.91 Å². The molecular formula is C24H31NO2. The lowest BCUT2D eigenvalue weighted by molar-refractivity contribution is -0.120. The summed E-state index contributed by atoms with van der Waals surface area (Å²) in [4.78, 5) is 12.5. The highest BCUT2D eigenvalue weighted by molar-refractivity contribution is 5.92. The van der Waals surface area contributed by atoms with E-state index in [1.165, 1.54) is 0 Å². The van der Waals surface area contributed by atoms with Crippen LogP contribution in [0.1, 0.15) is 51.5 Å². The van der Waals surface area contributed by atoms with E-state index in [0.29, 0.717) is 6.61 Å². The third-order valence-corrected chi connectivity index (χ3v) is 4.64. The number of anilines is 1. The van der Waals surface area contributed by atoms with Crippen LogP contribution in [0.5, 0.6) is 5.75 Å². The minimum Gasteiger partial charge on any atom is -0.489 e. The number of rotatable bonds is 11. The topological polar surface area (TPSA) is 38.3 Å². The predicted octanol–water partition coefficient (Wildman–Crippen LogP) is 6.37. The van der Waals surface area contributed by atoms with Gasteiger partial charge in [-0.2, -0.15) is 0 Å². The monoisotopic (exact) mass is 365 g/mol. The Morgan fingerprint density at radius 3 is 2.48 bits per heavy atom. The fourth-order valence-corrected chi connectivity index (χ4v) is 2.96. The average molecular weight is 366 g/mol. The Hall–Kier alpha value is -2.55. The van der Waals surface area contributed by atoms with Gasteiger partial charge in [0.05, 0.1) is 0 Å². The Balaban J connectivity index is 1.78. The lowest BCUT2D eigenvalue weighted by atomic mass is 9.97. The van der Waals surface area contributed by atoms with Gasteiger partial charge in [-0.15, -0.1) is 0 Å². The lowest BCUT2D eigenvalue weighted by Gasteiger charge is -2.15. The summed E-state index contributed by atoms with van der Waals surface area (Å²) < 4.78 is 5.79. The van der Waals surface area contributed by atoms with Gasteiger partial charge in [-0.1, -0.05) is 55.8 Å².